The molecule has 2 bridgehead atoms. The number of nitrogens with one attached hydrogen (secondary N) is 1. The molecular weight excluding hydrogens is 470 g/mol. The van der Waals surface area contributed by atoms with Gasteiger partial charge in [-0.05, 0) is 38.0 Å². The fourth-order valence-corrected chi connectivity index (χ4v) is 5.75. The van der Waals surface area contributed by atoms with Gasteiger partial charge in [-0.2, -0.15) is 15.1 Å². The molecule has 0 radical (unpaired) electrons. The zero-order valence-electron chi connectivity index (χ0n) is 19.8. The van der Waals surface area contributed by atoms with Crippen molar-refractivity contribution in [3.63, 3.8) is 0 Å². The predicted octanol–water partition coefficient (Wildman–Crippen LogP) is 0.401. The van der Waals surface area contributed by atoms with Crippen LogP contribution in [0.1, 0.15) is 49.2 Å². The molecule has 4 unspecified atom stereocenters. The topological polar surface area (TPSA) is 170 Å². The van der Waals surface area contributed by atoms with Crippen LogP contribution >= 0.6 is 0 Å². The van der Waals surface area contributed by atoms with Crippen molar-refractivity contribution in [2.45, 2.75) is 63.2 Å². The first-order valence-electron chi connectivity index (χ1n) is 12.3. The van der Waals surface area contributed by atoms with Crippen molar-refractivity contribution in [3.05, 3.63) is 24.3 Å². The van der Waals surface area contributed by atoms with Crippen LogP contribution in [0.15, 0.2) is 18.7 Å². The molecule has 4 N–H and O–H groups in total. The van der Waals surface area contributed by atoms with Gasteiger partial charge in [0.1, 0.15) is 18.3 Å². The summed E-state index contributed by atoms with van der Waals surface area (Å²) in [6.45, 7) is 1.53. The van der Waals surface area contributed by atoms with Crippen LogP contribution in [0.2, 0.25) is 0 Å². The molecule has 13 nitrogen and oxygen atoms in total. The molecule has 3 aromatic heterocycles. The van der Waals surface area contributed by atoms with Crippen LogP contribution in [0, 0.1) is 11.8 Å². The van der Waals surface area contributed by atoms with Crippen LogP contribution in [0.25, 0.3) is 17.1 Å². The van der Waals surface area contributed by atoms with Gasteiger partial charge in [-0.15, -0.1) is 0 Å². The Morgan fingerprint density at radius 1 is 1.25 bits per heavy atom. The normalized spacial score (nSPS) is 31.4. The fourth-order valence-electron chi connectivity index (χ4n) is 5.75. The van der Waals surface area contributed by atoms with Crippen molar-refractivity contribution >= 4 is 23.0 Å². The quantitative estimate of drug-likeness (QED) is 0.332. The number of aliphatic hydroxyl groups excluding tert-OH is 3. The largest absolute Gasteiger partial charge is 0.462 e. The summed E-state index contributed by atoms with van der Waals surface area (Å²) >= 11 is 0. The Balaban J connectivity index is 1.41. The molecule has 6 rings (SSSR count). The van der Waals surface area contributed by atoms with Gasteiger partial charge in [0.05, 0.1) is 31.3 Å². The number of hydrogen-bond acceptors (Lipinski definition) is 11. The third-order valence-electron chi connectivity index (χ3n) is 7.56. The van der Waals surface area contributed by atoms with E-state index in [2.05, 4.69) is 20.4 Å². The highest BCUT2D eigenvalue weighted by atomic mass is 16.6. The zero-order valence-corrected chi connectivity index (χ0v) is 19.8. The van der Waals surface area contributed by atoms with Crippen molar-refractivity contribution < 1.29 is 29.6 Å². The van der Waals surface area contributed by atoms with Crippen LogP contribution in [0.3, 0.4) is 0 Å². The number of fused-ring (bicyclic) bond motifs is 3. The molecule has 0 spiro atoms. The standard InChI is InChI=1S/C23H29N7O6/c1-2-35-22(34)13-7-25-30(8-13)23-27-19(26-14-6-11-3-4-12(14)5-11)16-20(28-23)29(10-24-16)21-18(33)17(32)15(9-31)36-21/h7-8,10-12,14-15,17-18,21,31-33H,2-6,9H2,1H3,(H,26,27,28)/t11?,12?,14?,15-,17-,18+,21?/m1/s1. The summed E-state index contributed by atoms with van der Waals surface area (Å²) in [6, 6.07) is 0.265. The molecule has 192 valence electrons. The molecule has 7 atom stereocenters. The van der Waals surface area contributed by atoms with Crippen LogP contribution in [0.4, 0.5) is 5.82 Å². The Morgan fingerprint density at radius 2 is 2.11 bits per heavy atom. The number of hydrogen-bond donors (Lipinski definition) is 4. The van der Waals surface area contributed by atoms with E-state index in [0.717, 1.165) is 12.3 Å². The van der Waals surface area contributed by atoms with Crippen LogP contribution in [-0.2, 0) is 9.47 Å². The summed E-state index contributed by atoms with van der Waals surface area (Å²) < 4.78 is 13.7. The van der Waals surface area contributed by atoms with Gasteiger partial charge in [0.15, 0.2) is 23.2 Å². The van der Waals surface area contributed by atoms with Gasteiger partial charge in [-0.1, -0.05) is 6.42 Å². The summed E-state index contributed by atoms with van der Waals surface area (Å²) in [5.74, 6) is 1.51. The minimum Gasteiger partial charge on any atom is -0.462 e. The molecule has 1 aliphatic heterocycles. The van der Waals surface area contributed by atoms with Gasteiger partial charge in [0.25, 0.3) is 5.95 Å². The lowest BCUT2D eigenvalue weighted by Gasteiger charge is -2.23. The van der Waals surface area contributed by atoms with Crippen molar-refractivity contribution in [2.24, 2.45) is 11.8 Å². The minimum atomic E-state index is -1.29. The maximum atomic E-state index is 12.2. The molecular formula is C23H29N7O6. The van der Waals surface area contributed by atoms with Crippen molar-refractivity contribution in [3.8, 4) is 5.95 Å². The number of carbonyl (C=O) groups excluding carboxylic acids is 1. The maximum Gasteiger partial charge on any atom is 0.341 e. The van der Waals surface area contributed by atoms with E-state index in [4.69, 9.17) is 14.5 Å². The number of nitrogens with zero attached hydrogens (tertiary/aromatic N) is 6. The van der Waals surface area contributed by atoms with Crippen molar-refractivity contribution in [1.29, 1.82) is 0 Å². The molecule has 13 heteroatoms. The number of rotatable bonds is 7. The number of carbonyl (C=O) groups is 1. The maximum absolute atomic E-state index is 12.2. The zero-order chi connectivity index (χ0) is 25.0. The number of esters is 1. The Kier molecular flexibility index (Phi) is 5.86. The highest BCUT2D eigenvalue weighted by molar-refractivity contribution is 5.89. The second-order valence-corrected chi connectivity index (χ2v) is 9.74. The van der Waals surface area contributed by atoms with Gasteiger partial charge in [-0.3, -0.25) is 4.57 Å². The Hall–Kier alpha value is -3.13. The Morgan fingerprint density at radius 3 is 2.81 bits per heavy atom. The minimum absolute atomic E-state index is 0.192. The van der Waals surface area contributed by atoms with Gasteiger partial charge in [0.2, 0.25) is 0 Å². The highest BCUT2D eigenvalue weighted by Gasteiger charge is 2.44. The number of aromatic nitrogens is 6. The molecule has 3 aromatic rings. The second-order valence-electron chi connectivity index (χ2n) is 9.74. The fraction of sp³-hybridized carbons (Fsp3) is 0.609. The lowest BCUT2D eigenvalue weighted by atomic mass is 9.95. The average Bonchev–Trinajstić information content (AvgIpc) is 3.69. The van der Waals surface area contributed by atoms with E-state index < -0.39 is 37.1 Å². The van der Waals surface area contributed by atoms with Crippen LogP contribution in [-0.4, -0.2) is 88.2 Å². The monoisotopic (exact) mass is 499 g/mol. The third kappa shape index (κ3) is 3.82. The number of imidazole rings is 1. The van der Waals surface area contributed by atoms with Gasteiger partial charge < -0.3 is 30.1 Å². The number of anilines is 1. The molecule has 3 fully saturated rings. The lowest BCUT2D eigenvalue weighted by Crippen LogP contribution is -2.33. The summed E-state index contributed by atoms with van der Waals surface area (Å²) in [5.41, 5.74) is 1.10. The Bertz CT molecular complexity index is 1280. The average molecular weight is 500 g/mol. The molecule has 4 heterocycles. The SMILES string of the molecule is CCOC(=O)c1cnn(-c2nc(NC3CC4CCC3C4)c3ncn(C4O[C@H](CO)[C@@H](O)[C@@H]4O)c3n2)c1. The van der Waals surface area contributed by atoms with Crippen LogP contribution < -0.4 is 5.32 Å². The van der Waals surface area contributed by atoms with E-state index in [1.165, 1.54) is 47.2 Å². The van der Waals surface area contributed by atoms with E-state index in [1.807, 2.05) is 0 Å². The predicted molar refractivity (Wildman–Crippen MR) is 124 cm³/mol. The summed E-state index contributed by atoms with van der Waals surface area (Å²) in [5, 5.41) is 38.2. The van der Waals surface area contributed by atoms with Gasteiger partial charge in [0, 0.05) is 12.2 Å². The first kappa shape index (κ1) is 23.3. The summed E-state index contributed by atoms with van der Waals surface area (Å²) in [7, 11) is 0. The van der Waals surface area contributed by atoms with Crippen molar-refractivity contribution in [2.75, 3.05) is 18.5 Å². The second kappa shape index (κ2) is 9.07. The highest BCUT2D eigenvalue weighted by Crippen LogP contribution is 2.46. The third-order valence-corrected chi connectivity index (χ3v) is 7.56. The smallest absolute Gasteiger partial charge is 0.341 e. The van der Waals surface area contributed by atoms with Crippen molar-refractivity contribution in [1.82, 2.24) is 29.3 Å². The molecule has 0 aromatic carbocycles. The summed E-state index contributed by atoms with van der Waals surface area (Å²) in [6.07, 6.45) is 4.58. The first-order chi connectivity index (χ1) is 17.5. The lowest BCUT2D eigenvalue weighted by molar-refractivity contribution is -0.0511. The molecule has 1 saturated heterocycles. The van der Waals surface area contributed by atoms with Gasteiger partial charge in [-0.25, -0.2) is 14.5 Å². The summed E-state index contributed by atoms with van der Waals surface area (Å²) in [4.78, 5) is 26.0. The molecule has 3 aliphatic rings. The van der Waals surface area contributed by atoms with E-state index in [1.54, 1.807) is 6.92 Å². The molecule has 2 aliphatic carbocycles. The Labute approximate surface area is 206 Å². The molecule has 36 heavy (non-hydrogen) atoms. The first-order valence-corrected chi connectivity index (χ1v) is 12.3. The van der Waals surface area contributed by atoms with Gasteiger partial charge >= 0.3 is 5.97 Å². The molecule has 2 saturated carbocycles. The number of ether oxygens (including phenoxy) is 2. The van der Waals surface area contributed by atoms with E-state index >= 15 is 0 Å². The molecule has 0 amide bonds. The van der Waals surface area contributed by atoms with E-state index in [-0.39, 0.29) is 24.2 Å². The number of aliphatic hydroxyl groups is 3. The van der Waals surface area contributed by atoms with E-state index in [0.29, 0.717) is 22.9 Å². The van der Waals surface area contributed by atoms with Crippen LogP contribution in [0.5, 0.6) is 0 Å². The van der Waals surface area contributed by atoms with E-state index in [9.17, 15) is 20.1 Å².